The van der Waals surface area contributed by atoms with Crippen LogP contribution in [0.2, 0.25) is 0 Å². The smallest absolute Gasteiger partial charge is 0.261 e. The number of hydrogen-bond donors (Lipinski definition) is 1. The maximum absolute atomic E-state index is 11.7. The molecular weight excluding hydrogens is 190 g/mol. The van der Waals surface area contributed by atoms with Gasteiger partial charge in [0.15, 0.2) is 5.60 Å². The van der Waals surface area contributed by atoms with E-state index in [2.05, 4.69) is 6.58 Å². The second kappa shape index (κ2) is 3.21. The number of rotatable bonds is 2. The molecule has 1 aliphatic rings. The molecule has 3 heteroatoms. The van der Waals surface area contributed by atoms with Gasteiger partial charge in [-0.15, -0.1) is 6.58 Å². The molecule has 2 rings (SSSR count). The third-order valence-electron chi connectivity index (χ3n) is 2.76. The highest BCUT2D eigenvalue weighted by Gasteiger charge is 2.55. The van der Waals surface area contributed by atoms with E-state index in [-0.39, 0.29) is 11.9 Å². The molecule has 0 aromatic heterocycles. The van der Waals surface area contributed by atoms with E-state index in [1.807, 2.05) is 30.3 Å². The molecule has 78 valence electrons. The summed E-state index contributed by atoms with van der Waals surface area (Å²) in [4.78, 5) is 13.2. The second-order valence-electron chi connectivity index (χ2n) is 3.84. The molecule has 0 radical (unpaired) electrons. The summed E-state index contributed by atoms with van der Waals surface area (Å²) in [6.45, 7) is 5.15. The Labute approximate surface area is 88.6 Å². The number of hydrogen-bond acceptors (Lipinski definition) is 2. The van der Waals surface area contributed by atoms with Crippen LogP contribution < -0.4 is 4.90 Å². The lowest BCUT2D eigenvalue weighted by Gasteiger charge is -2.49. The first-order chi connectivity index (χ1) is 7.09. The lowest BCUT2D eigenvalue weighted by molar-refractivity contribution is -0.147. The number of β-lactam (4-membered cyclic amide) rings is 1. The van der Waals surface area contributed by atoms with Crippen molar-refractivity contribution in [3.05, 3.63) is 43.0 Å². The van der Waals surface area contributed by atoms with Crippen molar-refractivity contribution in [3.63, 3.8) is 0 Å². The van der Waals surface area contributed by atoms with E-state index < -0.39 is 5.60 Å². The first-order valence-electron chi connectivity index (χ1n) is 4.82. The van der Waals surface area contributed by atoms with Crippen LogP contribution in [0.25, 0.3) is 0 Å². The van der Waals surface area contributed by atoms with Crippen LogP contribution in [0.1, 0.15) is 6.92 Å². The van der Waals surface area contributed by atoms with Gasteiger partial charge >= 0.3 is 0 Å². The molecule has 0 saturated carbocycles. The molecule has 1 heterocycles. The van der Waals surface area contributed by atoms with Gasteiger partial charge in [0.05, 0.1) is 6.04 Å². The predicted molar refractivity (Wildman–Crippen MR) is 58.5 cm³/mol. The summed E-state index contributed by atoms with van der Waals surface area (Å²) in [6.07, 6.45) is 1.59. The highest BCUT2D eigenvalue weighted by molar-refractivity contribution is 6.08. The highest BCUT2D eigenvalue weighted by Crippen LogP contribution is 2.35. The van der Waals surface area contributed by atoms with Crippen molar-refractivity contribution < 1.29 is 9.90 Å². The second-order valence-corrected chi connectivity index (χ2v) is 3.84. The van der Waals surface area contributed by atoms with Crippen molar-refractivity contribution in [3.8, 4) is 0 Å². The van der Waals surface area contributed by atoms with Crippen LogP contribution in [0.15, 0.2) is 43.0 Å². The Morgan fingerprint density at radius 3 is 2.60 bits per heavy atom. The van der Waals surface area contributed by atoms with Crippen LogP contribution >= 0.6 is 0 Å². The van der Waals surface area contributed by atoms with E-state index in [1.165, 1.54) is 6.92 Å². The molecule has 1 fully saturated rings. The molecule has 0 spiro atoms. The van der Waals surface area contributed by atoms with Gasteiger partial charge in [-0.2, -0.15) is 0 Å². The number of amides is 1. The fourth-order valence-corrected chi connectivity index (χ4v) is 1.88. The molecule has 1 aromatic rings. The normalized spacial score (nSPS) is 29.9. The van der Waals surface area contributed by atoms with Crippen molar-refractivity contribution in [2.45, 2.75) is 18.6 Å². The zero-order valence-corrected chi connectivity index (χ0v) is 8.55. The number of carbonyl (C=O) groups is 1. The number of carbonyl (C=O) groups excluding carboxylic acids is 1. The van der Waals surface area contributed by atoms with Gasteiger partial charge in [0, 0.05) is 5.69 Å². The van der Waals surface area contributed by atoms with Gasteiger partial charge < -0.3 is 5.11 Å². The number of benzene rings is 1. The van der Waals surface area contributed by atoms with Gasteiger partial charge in [-0.1, -0.05) is 24.3 Å². The Morgan fingerprint density at radius 2 is 2.07 bits per heavy atom. The summed E-state index contributed by atoms with van der Waals surface area (Å²) in [5.74, 6) is -0.279. The van der Waals surface area contributed by atoms with Crippen molar-refractivity contribution in [1.29, 1.82) is 0 Å². The van der Waals surface area contributed by atoms with Crippen LogP contribution in [0.5, 0.6) is 0 Å². The van der Waals surface area contributed by atoms with E-state index in [0.717, 1.165) is 5.69 Å². The minimum absolute atomic E-state index is 0.279. The minimum atomic E-state index is -1.31. The van der Waals surface area contributed by atoms with E-state index >= 15 is 0 Å². The Morgan fingerprint density at radius 1 is 1.47 bits per heavy atom. The van der Waals surface area contributed by atoms with Gasteiger partial charge in [-0.25, -0.2) is 0 Å². The average molecular weight is 203 g/mol. The van der Waals surface area contributed by atoms with Gasteiger partial charge in [-0.05, 0) is 19.1 Å². The monoisotopic (exact) mass is 203 g/mol. The molecule has 2 unspecified atom stereocenters. The van der Waals surface area contributed by atoms with Gasteiger partial charge in [0.25, 0.3) is 5.91 Å². The van der Waals surface area contributed by atoms with E-state index in [0.29, 0.717) is 0 Å². The van der Waals surface area contributed by atoms with Gasteiger partial charge in [0.2, 0.25) is 0 Å². The molecule has 1 aliphatic heterocycles. The SMILES string of the molecule is C=CC1N(c2ccccc2)C(=O)C1(C)O. The Kier molecular flexibility index (Phi) is 2.12. The molecule has 15 heavy (non-hydrogen) atoms. The van der Waals surface area contributed by atoms with Crippen LogP contribution in [0.4, 0.5) is 5.69 Å². The zero-order chi connectivity index (χ0) is 11.1. The molecule has 1 saturated heterocycles. The minimum Gasteiger partial charge on any atom is -0.378 e. The van der Waals surface area contributed by atoms with E-state index in [9.17, 15) is 9.90 Å². The van der Waals surface area contributed by atoms with Crippen molar-refractivity contribution in [1.82, 2.24) is 0 Å². The third-order valence-corrected chi connectivity index (χ3v) is 2.76. The molecular formula is C12H13NO2. The van der Waals surface area contributed by atoms with Crippen LogP contribution in [0.3, 0.4) is 0 Å². The maximum atomic E-state index is 11.7. The maximum Gasteiger partial charge on any atom is 0.261 e. The zero-order valence-electron chi connectivity index (χ0n) is 8.55. The van der Waals surface area contributed by atoms with Crippen LogP contribution in [0, 0.1) is 0 Å². The summed E-state index contributed by atoms with van der Waals surface area (Å²) < 4.78 is 0. The Hall–Kier alpha value is -1.61. The summed E-state index contributed by atoms with van der Waals surface area (Å²) in [5.41, 5.74) is -0.517. The molecule has 2 atom stereocenters. The fraction of sp³-hybridized carbons (Fsp3) is 0.250. The predicted octanol–water partition coefficient (Wildman–Crippen LogP) is 1.34. The van der Waals surface area contributed by atoms with Gasteiger partial charge in [-0.3, -0.25) is 9.69 Å². The number of anilines is 1. The number of aliphatic hydroxyl groups is 1. The summed E-state index contributed by atoms with van der Waals surface area (Å²) in [5, 5.41) is 9.81. The fourth-order valence-electron chi connectivity index (χ4n) is 1.88. The molecule has 0 bridgehead atoms. The topological polar surface area (TPSA) is 40.5 Å². The quantitative estimate of drug-likeness (QED) is 0.582. The van der Waals surface area contributed by atoms with Crippen LogP contribution in [-0.4, -0.2) is 22.7 Å². The van der Waals surface area contributed by atoms with E-state index in [4.69, 9.17) is 0 Å². The molecule has 0 aliphatic carbocycles. The summed E-state index contributed by atoms with van der Waals surface area (Å²) in [6, 6.07) is 8.93. The molecule has 1 amide bonds. The van der Waals surface area contributed by atoms with Crippen LogP contribution in [-0.2, 0) is 4.79 Å². The van der Waals surface area contributed by atoms with Crippen molar-refractivity contribution in [2.24, 2.45) is 0 Å². The standard InChI is InChI=1S/C12H13NO2/c1-3-10-12(2,15)11(14)13(10)9-7-5-4-6-8-9/h3-8,10,15H,1H2,2H3. The molecule has 1 aromatic carbocycles. The Balaban J connectivity index is 2.33. The molecule has 3 nitrogen and oxygen atoms in total. The third kappa shape index (κ3) is 1.27. The number of nitrogens with zero attached hydrogens (tertiary/aromatic N) is 1. The lowest BCUT2D eigenvalue weighted by atomic mass is 9.83. The largest absolute Gasteiger partial charge is 0.378 e. The highest BCUT2D eigenvalue weighted by atomic mass is 16.3. The first-order valence-corrected chi connectivity index (χ1v) is 4.82. The summed E-state index contributed by atoms with van der Waals surface area (Å²) >= 11 is 0. The van der Waals surface area contributed by atoms with Gasteiger partial charge in [0.1, 0.15) is 0 Å². The summed E-state index contributed by atoms with van der Waals surface area (Å²) in [7, 11) is 0. The van der Waals surface area contributed by atoms with Crippen molar-refractivity contribution in [2.75, 3.05) is 4.90 Å². The molecule has 1 N–H and O–H groups in total. The number of para-hydroxylation sites is 1. The first kappa shape index (κ1) is 9.93. The lowest BCUT2D eigenvalue weighted by Crippen LogP contribution is -2.72. The van der Waals surface area contributed by atoms with Crippen molar-refractivity contribution >= 4 is 11.6 Å². The Bertz CT molecular complexity index is 397. The van der Waals surface area contributed by atoms with E-state index in [1.54, 1.807) is 11.0 Å². The average Bonchev–Trinajstić information content (AvgIpc) is 2.25.